The lowest BCUT2D eigenvalue weighted by molar-refractivity contribution is 0.102. The predicted molar refractivity (Wildman–Crippen MR) is 111 cm³/mol. The number of carbonyl (C=O) groups excluding carboxylic acids is 1. The molecule has 31 heavy (non-hydrogen) atoms. The van der Waals surface area contributed by atoms with E-state index in [9.17, 15) is 13.6 Å². The number of hydrogen-bond donors (Lipinski definition) is 1. The molecule has 4 aromatic rings. The Morgan fingerprint density at radius 1 is 1.10 bits per heavy atom. The highest BCUT2D eigenvalue weighted by Crippen LogP contribution is 2.39. The van der Waals surface area contributed by atoms with E-state index in [-0.39, 0.29) is 11.1 Å². The van der Waals surface area contributed by atoms with Gasteiger partial charge in [0.05, 0.1) is 6.04 Å². The molecule has 0 bridgehead atoms. The van der Waals surface area contributed by atoms with Crippen molar-refractivity contribution in [3.8, 4) is 0 Å². The summed E-state index contributed by atoms with van der Waals surface area (Å²) in [6, 6.07) is 9.89. The molecule has 0 unspecified atom stereocenters. The van der Waals surface area contributed by atoms with Gasteiger partial charge in [0.15, 0.2) is 11.5 Å². The molecule has 1 atom stereocenters. The molecule has 0 radical (unpaired) electrons. The minimum absolute atomic E-state index is 0.249. The second kappa shape index (κ2) is 7.75. The summed E-state index contributed by atoms with van der Waals surface area (Å²) in [7, 11) is 0. The first-order valence-electron chi connectivity index (χ1n) is 9.89. The average Bonchev–Trinajstić information content (AvgIpc) is 3.40. The summed E-state index contributed by atoms with van der Waals surface area (Å²) < 4.78 is 29.9. The van der Waals surface area contributed by atoms with E-state index in [0.717, 1.165) is 18.6 Å². The van der Waals surface area contributed by atoms with E-state index >= 15 is 0 Å². The van der Waals surface area contributed by atoms with Crippen LogP contribution in [0.25, 0.3) is 5.65 Å². The number of hydrogen-bond acceptors (Lipinski definition) is 5. The van der Waals surface area contributed by atoms with Crippen LogP contribution in [0.4, 0.5) is 20.4 Å². The molecule has 4 heterocycles. The number of fused-ring (bicyclic) bond motifs is 1. The molecule has 0 spiro atoms. The van der Waals surface area contributed by atoms with Crippen LogP contribution in [0.15, 0.2) is 61.1 Å². The number of pyridine rings is 1. The number of amides is 1. The van der Waals surface area contributed by atoms with Gasteiger partial charge in [0.2, 0.25) is 0 Å². The lowest BCUT2D eigenvalue weighted by Crippen LogP contribution is -2.26. The largest absolute Gasteiger partial charge is 0.347 e. The maximum absolute atomic E-state index is 14.5. The molecule has 1 saturated heterocycles. The Bertz CT molecular complexity index is 1260. The Balaban J connectivity index is 1.60. The summed E-state index contributed by atoms with van der Waals surface area (Å²) in [5.74, 6) is -0.651. The number of anilines is 2. The molecular weight excluding hydrogens is 402 g/mol. The number of halogens is 2. The molecule has 1 amide bonds. The molecule has 1 fully saturated rings. The van der Waals surface area contributed by atoms with Crippen LogP contribution in [-0.4, -0.2) is 32.0 Å². The maximum Gasteiger partial charge on any atom is 0.264 e. The van der Waals surface area contributed by atoms with E-state index < -0.39 is 23.6 Å². The van der Waals surface area contributed by atoms with Crippen molar-refractivity contribution >= 4 is 23.2 Å². The third-order valence-electron chi connectivity index (χ3n) is 5.35. The monoisotopic (exact) mass is 420 g/mol. The first-order valence-corrected chi connectivity index (χ1v) is 9.89. The molecule has 156 valence electrons. The molecule has 9 heteroatoms. The van der Waals surface area contributed by atoms with Crippen LogP contribution >= 0.6 is 0 Å². The Morgan fingerprint density at radius 3 is 2.81 bits per heavy atom. The first kappa shape index (κ1) is 19.1. The van der Waals surface area contributed by atoms with Crippen LogP contribution in [0.3, 0.4) is 0 Å². The van der Waals surface area contributed by atoms with Gasteiger partial charge in [0.25, 0.3) is 5.91 Å². The van der Waals surface area contributed by atoms with Crippen molar-refractivity contribution in [2.24, 2.45) is 0 Å². The summed E-state index contributed by atoms with van der Waals surface area (Å²) >= 11 is 0. The highest BCUT2D eigenvalue weighted by Gasteiger charge is 2.34. The van der Waals surface area contributed by atoms with Crippen molar-refractivity contribution < 1.29 is 13.6 Å². The van der Waals surface area contributed by atoms with E-state index in [0.29, 0.717) is 30.2 Å². The number of carbonyl (C=O) groups is 1. The van der Waals surface area contributed by atoms with Gasteiger partial charge in [0.1, 0.15) is 23.0 Å². The number of benzene rings is 1. The molecular formula is C22H18F2N6O. The zero-order chi connectivity index (χ0) is 21.4. The molecule has 1 aliphatic rings. The highest BCUT2D eigenvalue weighted by atomic mass is 19.1. The van der Waals surface area contributed by atoms with E-state index in [2.05, 4.69) is 20.4 Å². The van der Waals surface area contributed by atoms with Gasteiger partial charge in [0, 0.05) is 30.7 Å². The van der Waals surface area contributed by atoms with Gasteiger partial charge in [-0.25, -0.2) is 23.3 Å². The number of nitrogens with zero attached hydrogens (tertiary/aromatic N) is 5. The van der Waals surface area contributed by atoms with Gasteiger partial charge < -0.3 is 10.2 Å². The van der Waals surface area contributed by atoms with E-state index in [1.807, 2.05) is 4.90 Å². The lowest BCUT2D eigenvalue weighted by Gasteiger charge is -2.26. The van der Waals surface area contributed by atoms with Crippen molar-refractivity contribution in [1.82, 2.24) is 19.6 Å². The minimum Gasteiger partial charge on any atom is -0.347 e. The van der Waals surface area contributed by atoms with Crippen LogP contribution < -0.4 is 10.2 Å². The molecule has 1 aliphatic heterocycles. The fraction of sp³-hybridized carbons (Fsp3) is 0.182. The molecule has 1 N–H and O–H groups in total. The summed E-state index contributed by atoms with van der Waals surface area (Å²) in [6.07, 6.45) is 6.21. The Labute approximate surface area is 176 Å². The lowest BCUT2D eigenvalue weighted by atomic mass is 10.0. The summed E-state index contributed by atoms with van der Waals surface area (Å²) in [6.45, 7) is 0.550. The third-order valence-corrected chi connectivity index (χ3v) is 5.35. The van der Waals surface area contributed by atoms with Crippen molar-refractivity contribution in [3.05, 3.63) is 83.8 Å². The second-order valence-electron chi connectivity index (χ2n) is 7.27. The van der Waals surface area contributed by atoms with Crippen LogP contribution in [0.1, 0.15) is 34.8 Å². The summed E-state index contributed by atoms with van der Waals surface area (Å²) in [4.78, 5) is 23.5. The molecule has 7 nitrogen and oxygen atoms in total. The highest BCUT2D eigenvalue weighted by molar-refractivity contribution is 6.11. The predicted octanol–water partition coefficient (Wildman–Crippen LogP) is 4.00. The molecule has 1 aromatic carbocycles. The smallest absolute Gasteiger partial charge is 0.264 e. The van der Waals surface area contributed by atoms with Crippen LogP contribution in [0.2, 0.25) is 0 Å². The van der Waals surface area contributed by atoms with Crippen molar-refractivity contribution in [2.75, 3.05) is 16.8 Å². The fourth-order valence-corrected chi connectivity index (χ4v) is 4.01. The van der Waals surface area contributed by atoms with Crippen LogP contribution in [0.5, 0.6) is 0 Å². The van der Waals surface area contributed by atoms with Crippen LogP contribution in [-0.2, 0) is 0 Å². The standard InChI is InChI=1S/C22H18F2N6O/c23-14-7-8-16(24)15(13-14)17-5-3-11-29(17)21-19(20-26-10-4-12-30(20)28-21)22(31)27-18-6-1-2-9-25-18/h1-2,4,6-10,12-13,17H,3,5,11H2,(H,25,27,31)/t17-/m1/s1. The topological polar surface area (TPSA) is 75.4 Å². The Hall–Kier alpha value is -3.88. The molecule has 0 aliphatic carbocycles. The van der Waals surface area contributed by atoms with Gasteiger partial charge in [-0.05, 0) is 49.2 Å². The average molecular weight is 420 g/mol. The zero-order valence-corrected chi connectivity index (χ0v) is 16.4. The van der Waals surface area contributed by atoms with Gasteiger partial charge in [-0.2, -0.15) is 0 Å². The molecule has 3 aromatic heterocycles. The molecule has 0 saturated carbocycles. The zero-order valence-electron chi connectivity index (χ0n) is 16.4. The third kappa shape index (κ3) is 3.48. The Morgan fingerprint density at radius 2 is 1.97 bits per heavy atom. The fourth-order valence-electron chi connectivity index (χ4n) is 4.01. The van der Waals surface area contributed by atoms with E-state index in [1.165, 1.54) is 10.6 Å². The number of rotatable bonds is 4. The number of nitrogens with one attached hydrogen (secondary N) is 1. The minimum atomic E-state index is -0.506. The van der Waals surface area contributed by atoms with Crippen molar-refractivity contribution in [1.29, 1.82) is 0 Å². The normalized spacial score (nSPS) is 16.1. The van der Waals surface area contributed by atoms with Gasteiger partial charge in [-0.1, -0.05) is 6.07 Å². The van der Waals surface area contributed by atoms with Gasteiger partial charge >= 0.3 is 0 Å². The molecule has 5 rings (SSSR count). The van der Waals surface area contributed by atoms with Crippen molar-refractivity contribution in [3.63, 3.8) is 0 Å². The SMILES string of the molecule is O=C(Nc1ccccn1)c1c(N2CCC[C@@H]2c2cc(F)ccc2F)nn2cccnc12. The quantitative estimate of drug-likeness (QED) is 0.540. The summed E-state index contributed by atoms with van der Waals surface area (Å²) in [5.41, 5.74) is 0.879. The Kier molecular flexibility index (Phi) is 4.78. The van der Waals surface area contributed by atoms with Gasteiger partial charge in [-0.15, -0.1) is 5.10 Å². The number of aromatic nitrogens is 4. The second-order valence-corrected chi connectivity index (χ2v) is 7.27. The maximum atomic E-state index is 14.5. The van der Waals surface area contributed by atoms with E-state index in [4.69, 9.17) is 0 Å². The van der Waals surface area contributed by atoms with Gasteiger partial charge in [-0.3, -0.25) is 4.79 Å². The van der Waals surface area contributed by atoms with Crippen molar-refractivity contribution in [2.45, 2.75) is 18.9 Å². The van der Waals surface area contributed by atoms with E-state index in [1.54, 1.807) is 42.9 Å². The summed E-state index contributed by atoms with van der Waals surface area (Å²) in [5, 5.41) is 7.34. The van der Waals surface area contributed by atoms with Crippen LogP contribution in [0, 0.1) is 11.6 Å². The first-order chi connectivity index (χ1) is 15.1.